The van der Waals surface area contributed by atoms with Crippen molar-refractivity contribution < 1.29 is 39.9 Å². The van der Waals surface area contributed by atoms with Crippen LogP contribution in [-0.4, -0.2) is 44.1 Å². The molecular formula is C33H33F8N7O. The van der Waals surface area contributed by atoms with Crippen LogP contribution in [0.15, 0.2) is 36.4 Å². The van der Waals surface area contributed by atoms with Gasteiger partial charge in [-0.05, 0) is 91.5 Å². The summed E-state index contributed by atoms with van der Waals surface area (Å²) < 4.78 is 111. The van der Waals surface area contributed by atoms with Crippen molar-refractivity contribution in [2.45, 2.75) is 76.4 Å². The van der Waals surface area contributed by atoms with Crippen LogP contribution in [0.25, 0.3) is 10.9 Å². The molecule has 8 nitrogen and oxygen atoms in total. The fourth-order valence-electron chi connectivity index (χ4n) is 7.19. The van der Waals surface area contributed by atoms with E-state index in [1.807, 2.05) is 0 Å². The van der Waals surface area contributed by atoms with Crippen LogP contribution in [0.2, 0.25) is 0 Å². The van der Waals surface area contributed by atoms with Gasteiger partial charge in [0.05, 0.1) is 23.7 Å². The van der Waals surface area contributed by atoms with E-state index in [9.17, 15) is 39.9 Å². The zero-order valence-corrected chi connectivity index (χ0v) is 26.4. The van der Waals surface area contributed by atoms with Crippen LogP contribution in [-0.2, 0) is 37.3 Å². The van der Waals surface area contributed by atoms with Gasteiger partial charge in [-0.3, -0.25) is 0 Å². The normalized spacial score (nSPS) is 20.3. The summed E-state index contributed by atoms with van der Waals surface area (Å²) in [5, 5.41) is 12.2. The molecule has 1 saturated carbocycles. The van der Waals surface area contributed by atoms with Crippen molar-refractivity contribution in [3.05, 3.63) is 70.3 Å². The minimum Gasteiger partial charge on any atom is -0.353 e. The average molecular weight is 696 g/mol. The van der Waals surface area contributed by atoms with Gasteiger partial charge < -0.3 is 14.6 Å². The number of aryl methyl sites for hydroxylation is 1. The van der Waals surface area contributed by atoms with Gasteiger partial charge in [0, 0.05) is 49.1 Å². The SMILES string of the molecule is Cn1nnc(N(Cc2cc(C(F)(F)F)cc(C(F)(F)F)c2)Cc2cc3cc(F)c(F)cc3nc2N2CCCC2C2CCC(CC=O)CC2)n1. The number of nitrogens with zero attached hydrogens (tertiary/aromatic N) is 7. The summed E-state index contributed by atoms with van der Waals surface area (Å²) >= 11 is 0. The highest BCUT2D eigenvalue weighted by Gasteiger charge is 2.38. The molecule has 2 fully saturated rings. The summed E-state index contributed by atoms with van der Waals surface area (Å²) in [4.78, 5) is 20.5. The molecule has 0 radical (unpaired) electrons. The largest absolute Gasteiger partial charge is 0.416 e. The Labute approximate surface area is 276 Å². The predicted octanol–water partition coefficient (Wildman–Crippen LogP) is 7.65. The van der Waals surface area contributed by atoms with Crippen LogP contribution in [0.4, 0.5) is 46.9 Å². The summed E-state index contributed by atoms with van der Waals surface area (Å²) in [7, 11) is 1.46. The Hall–Kier alpha value is -4.37. The molecular weight excluding hydrogens is 662 g/mol. The second kappa shape index (κ2) is 13.5. The van der Waals surface area contributed by atoms with E-state index < -0.39 is 41.7 Å². The molecule has 1 aliphatic carbocycles. The second-order valence-electron chi connectivity index (χ2n) is 12.9. The number of anilines is 2. The maximum absolute atomic E-state index is 14.4. The van der Waals surface area contributed by atoms with Crippen LogP contribution in [0.3, 0.4) is 0 Å². The summed E-state index contributed by atoms with van der Waals surface area (Å²) in [5.41, 5.74) is -2.56. The van der Waals surface area contributed by atoms with Gasteiger partial charge >= 0.3 is 12.4 Å². The first kappa shape index (κ1) is 34.5. The zero-order valence-electron chi connectivity index (χ0n) is 26.4. The molecule has 0 N–H and O–H groups in total. The number of fused-ring (bicyclic) bond motifs is 1. The molecule has 0 bridgehead atoms. The number of carbonyl (C=O) groups excluding carboxylic acids is 1. The first-order valence-electron chi connectivity index (χ1n) is 16.0. The third-order valence-corrected chi connectivity index (χ3v) is 9.51. The average Bonchev–Trinajstić information content (AvgIpc) is 3.70. The van der Waals surface area contributed by atoms with Gasteiger partial charge in [0.2, 0.25) is 0 Å². The smallest absolute Gasteiger partial charge is 0.353 e. The maximum atomic E-state index is 14.4. The molecule has 0 amide bonds. The lowest BCUT2D eigenvalue weighted by Gasteiger charge is -2.38. The van der Waals surface area contributed by atoms with E-state index >= 15 is 0 Å². The molecule has 1 saturated heterocycles. The minimum absolute atomic E-state index is 0.0482. The van der Waals surface area contributed by atoms with Crippen molar-refractivity contribution in [2.75, 3.05) is 16.3 Å². The number of halogens is 8. The topological polar surface area (TPSA) is 80.0 Å². The monoisotopic (exact) mass is 695 g/mol. The molecule has 16 heteroatoms. The van der Waals surface area contributed by atoms with E-state index in [1.54, 1.807) is 6.07 Å². The van der Waals surface area contributed by atoms with E-state index in [2.05, 4.69) is 20.3 Å². The van der Waals surface area contributed by atoms with Gasteiger partial charge in [0.25, 0.3) is 5.95 Å². The van der Waals surface area contributed by atoms with E-state index in [4.69, 9.17) is 4.98 Å². The van der Waals surface area contributed by atoms with Gasteiger partial charge in [-0.2, -0.15) is 31.1 Å². The second-order valence-corrected chi connectivity index (χ2v) is 12.9. The van der Waals surface area contributed by atoms with Gasteiger partial charge in [-0.15, -0.1) is 5.10 Å². The number of carbonyl (C=O) groups is 1. The molecule has 6 rings (SSSR count). The Morgan fingerprint density at radius 2 is 1.55 bits per heavy atom. The van der Waals surface area contributed by atoms with Crippen molar-refractivity contribution in [1.29, 1.82) is 0 Å². The molecule has 262 valence electrons. The fraction of sp³-hybridized carbons (Fsp3) is 0.485. The first-order chi connectivity index (χ1) is 23.2. The van der Waals surface area contributed by atoms with E-state index in [-0.39, 0.29) is 47.0 Å². The highest BCUT2D eigenvalue weighted by atomic mass is 19.4. The first-order valence-corrected chi connectivity index (χ1v) is 16.0. The summed E-state index contributed by atoms with van der Waals surface area (Å²) in [6.45, 7) is -0.0337. The van der Waals surface area contributed by atoms with Gasteiger partial charge in [0.1, 0.15) is 12.1 Å². The summed E-state index contributed by atoms with van der Waals surface area (Å²) in [6.07, 6.45) is -3.35. The number of rotatable bonds is 9. The third-order valence-electron chi connectivity index (χ3n) is 9.51. The quantitative estimate of drug-likeness (QED) is 0.132. The van der Waals surface area contributed by atoms with E-state index in [0.717, 1.165) is 61.7 Å². The Bertz CT molecular complexity index is 1790. The molecule has 2 aromatic heterocycles. The number of hydrogen-bond donors (Lipinski definition) is 0. The Balaban J connectivity index is 1.42. The highest BCUT2D eigenvalue weighted by Crippen LogP contribution is 2.41. The van der Waals surface area contributed by atoms with E-state index in [0.29, 0.717) is 42.4 Å². The van der Waals surface area contributed by atoms with Crippen LogP contribution in [0, 0.1) is 23.5 Å². The number of benzene rings is 2. The number of tetrazole rings is 1. The molecule has 3 heterocycles. The number of aldehydes is 1. The van der Waals surface area contributed by atoms with Gasteiger partial charge in [-0.25, -0.2) is 13.8 Å². The summed E-state index contributed by atoms with van der Waals surface area (Å²) in [5.74, 6) is -1.20. The lowest BCUT2D eigenvalue weighted by Crippen LogP contribution is -2.39. The molecule has 4 aromatic rings. The Morgan fingerprint density at radius 1 is 0.878 bits per heavy atom. The van der Waals surface area contributed by atoms with E-state index in [1.165, 1.54) is 11.9 Å². The molecule has 49 heavy (non-hydrogen) atoms. The van der Waals surface area contributed by atoms with Crippen molar-refractivity contribution in [3.8, 4) is 0 Å². The van der Waals surface area contributed by atoms with Crippen LogP contribution in [0.1, 0.15) is 67.2 Å². The number of pyridine rings is 1. The fourth-order valence-corrected chi connectivity index (χ4v) is 7.19. The molecule has 2 aromatic carbocycles. The van der Waals surface area contributed by atoms with Crippen LogP contribution < -0.4 is 9.80 Å². The maximum Gasteiger partial charge on any atom is 0.416 e. The van der Waals surface area contributed by atoms with Crippen molar-refractivity contribution in [1.82, 2.24) is 25.2 Å². The highest BCUT2D eigenvalue weighted by molar-refractivity contribution is 5.82. The molecule has 1 unspecified atom stereocenters. The third kappa shape index (κ3) is 7.62. The zero-order chi connectivity index (χ0) is 35.1. The van der Waals surface area contributed by atoms with Crippen molar-refractivity contribution in [3.63, 3.8) is 0 Å². The molecule has 1 atom stereocenters. The number of hydrogen-bond acceptors (Lipinski definition) is 7. The van der Waals surface area contributed by atoms with Gasteiger partial charge in [-0.1, -0.05) is 5.10 Å². The number of aromatic nitrogens is 5. The lowest BCUT2D eigenvalue weighted by molar-refractivity contribution is -0.143. The summed E-state index contributed by atoms with van der Waals surface area (Å²) in [6, 6.07) is 5.00. The number of alkyl halides is 6. The molecule has 2 aliphatic rings. The Kier molecular flexibility index (Phi) is 9.50. The molecule has 0 spiro atoms. The van der Waals surface area contributed by atoms with Crippen LogP contribution in [0.5, 0.6) is 0 Å². The minimum atomic E-state index is -5.04. The van der Waals surface area contributed by atoms with Crippen LogP contribution >= 0.6 is 0 Å². The van der Waals surface area contributed by atoms with Crippen molar-refractivity contribution in [2.24, 2.45) is 18.9 Å². The Morgan fingerprint density at radius 3 is 2.16 bits per heavy atom. The standard InChI is InChI=1S/C33H33F8N7O/c1-46-44-31(43-45-46)47(17-20-11-24(32(36,37)38)15-25(12-20)33(39,40)41)18-23-13-22-14-26(34)27(35)16-28(22)42-30(23)48-9-2-3-29(48)21-6-4-19(5-7-21)8-10-49/h10-16,19,21,29H,2-9,17-18H2,1H3. The molecule has 1 aliphatic heterocycles. The lowest BCUT2D eigenvalue weighted by atomic mass is 9.77. The van der Waals surface area contributed by atoms with Crippen molar-refractivity contribution >= 4 is 29.0 Å². The van der Waals surface area contributed by atoms with Gasteiger partial charge in [0.15, 0.2) is 11.6 Å². The predicted molar refractivity (Wildman–Crippen MR) is 163 cm³/mol.